The summed E-state index contributed by atoms with van der Waals surface area (Å²) in [4.78, 5) is 18.6. The maximum absolute atomic E-state index is 11.6. The molecule has 0 radical (unpaired) electrons. The quantitative estimate of drug-likeness (QED) is 0.470. The highest BCUT2D eigenvalue weighted by molar-refractivity contribution is 7.15. The predicted octanol–water partition coefficient (Wildman–Crippen LogP) is 4.72. The molecule has 154 valence electrons. The van der Waals surface area contributed by atoms with E-state index >= 15 is 0 Å². The maximum Gasteiger partial charge on any atom is 0.341 e. The van der Waals surface area contributed by atoms with Gasteiger partial charge in [-0.2, -0.15) is 0 Å². The number of nitrogens with zero attached hydrogens (tertiary/aromatic N) is 2. The summed E-state index contributed by atoms with van der Waals surface area (Å²) >= 11 is 1.67. The zero-order valence-electron chi connectivity index (χ0n) is 16.9. The van der Waals surface area contributed by atoms with Gasteiger partial charge in [-0.15, -0.1) is 11.3 Å². The van der Waals surface area contributed by atoms with E-state index in [4.69, 9.17) is 4.74 Å². The maximum atomic E-state index is 11.6. The van der Waals surface area contributed by atoms with Crippen LogP contribution >= 0.6 is 11.3 Å². The van der Waals surface area contributed by atoms with E-state index in [1.54, 1.807) is 21.8 Å². The summed E-state index contributed by atoms with van der Waals surface area (Å²) in [6.07, 6.45) is 1.14. The smallest absolute Gasteiger partial charge is 0.341 e. The Kier molecular flexibility index (Phi) is 5.32. The largest absolute Gasteiger partial charge is 0.496 e. The van der Waals surface area contributed by atoms with Crippen LogP contribution in [0.1, 0.15) is 45.2 Å². The molecular weight excluding hydrogens is 400 g/mol. The molecule has 1 aromatic carbocycles. The third-order valence-corrected chi connectivity index (χ3v) is 6.19. The lowest BCUT2D eigenvalue weighted by atomic mass is 9.98. The van der Waals surface area contributed by atoms with Gasteiger partial charge in [-0.3, -0.25) is 0 Å². The van der Waals surface area contributed by atoms with Crippen molar-refractivity contribution in [3.05, 3.63) is 76.1 Å². The molecule has 0 aliphatic rings. The molecular formula is C23H22N2O4S. The van der Waals surface area contributed by atoms with Gasteiger partial charge in [-0.1, -0.05) is 31.2 Å². The molecule has 1 atom stereocenters. The fourth-order valence-corrected chi connectivity index (χ4v) is 4.64. The molecule has 0 aliphatic carbocycles. The van der Waals surface area contributed by atoms with Gasteiger partial charge in [0.1, 0.15) is 23.1 Å². The number of aliphatic hydroxyl groups is 1. The molecule has 0 fully saturated rings. The van der Waals surface area contributed by atoms with Crippen LogP contribution in [0.5, 0.6) is 5.75 Å². The van der Waals surface area contributed by atoms with Crippen molar-refractivity contribution in [2.24, 2.45) is 0 Å². The Labute approximate surface area is 178 Å². The molecule has 3 heterocycles. The molecule has 0 saturated heterocycles. The van der Waals surface area contributed by atoms with Crippen LogP contribution in [-0.2, 0) is 6.42 Å². The first-order chi connectivity index (χ1) is 14.4. The zero-order chi connectivity index (χ0) is 21.4. The van der Waals surface area contributed by atoms with Gasteiger partial charge in [-0.05, 0) is 36.6 Å². The summed E-state index contributed by atoms with van der Waals surface area (Å²) in [7, 11) is 1.43. The van der Waals surface area contributed by atoms with Crippen LogP contribution in [0.4, 0.5) is 0 Å². The van der Waals surface area contributed by atoms with Crippen molar-refractivity contribution in [3.8, 4) is 16.2 Å². The zero-order valence-corrected chi connectivity index (χ0v) is 17.7. The molecule has 1 unspecified atom stereocenters. The monoisotopic (exact) mass is 422 g/mol. The first kappa shape index (κ1) is 20.1. The molecule has 7 heteroatoms. The minimum atomic E-state index is -1.08. The Morgan fingerprint density at radius 3 is 2.67 bits per heavy atom. The minimum absolute atomic E-state index is 0.0487. The lowest BCUT2D eigenvalue weighted by Crippen LogP contribution is -2.07. The third-order valence-electron chi connectivity index (χ3n) is 5.16. The number of thiophene rings is 1. The van der Waals surface area contributed by atoms with Crippen molar-refractivity contribution in [1.29, 1.82) is 0 Å². The molecule has 0 saturated carbocycles. The molecule has 0 spiro atoms. The number of hydrogen-bond acceptors (Lipinski definition) is 5. The Hall–Kier alpha value is -3.16. The number of carbonyl (C=O) groups is 1. The average molecular weight is 423 g/mol. The number of carboxylic acid groups (broad SMARTS) is 1. The van der Waals surface area contributed by atoms with Gasteiger partial charge >= 0.3 is 5.97 Å². The number of fused-ring (bicyclic) bond motifs is 1. The van der Waals surface area contributed by atoms with E-state index in [0.29, 0.717) is 17.8 Å². The van der Waals surface area contributed by atoms with E-state index in [1.807, 2.05) is 31.2 Å². The lowest BCUT2D eigenvalue weighted by molar-refractivity contribution is 0.0692. The molecule has 4 aromatic rings. The van der Waals surface area contributed by atoms with Gasteiger partial charge < -0.3 is 19.4 Å². The molecule has 0 bridgehead atoms. The van der Waals surface area contributed by atoms with Crippen LogP contribution in [0.2, 0.25) is 0 Å². The van der Waals surface area contributed by atoms with Gasteiger partial charge in [0.25, 0.3) is 0 Å². The molecule has 30 heavy (non-hydrogen) atoms. The van der Waals surface area contributed by atoms with Crippen LogP contribution in [0.3, 0.4) is 0 Å². The van der Waals surface area contributed by atoms with E-state index in [2.05, 4.69) is 24.0 Å². The standard InChI is InChI=1S/C23H22N2O4S/c1-4-17-21(24-20-11-18(29-3)16(23(27)28)12-25(17)20)22(26)15-8-6-5-7-14(15)19-10-9-13(2)30-19/h5-12,22,26H,4H2,1-3H3,(H,27,28). The van der Waals surface area contributed by atoms with Crippen molar-refractivity contribution in [2.45, 2.75) is 26.4 Å². The Balaban J connectivity index is 1.89. The summed E-state index contributed by atoms with van der Waals surface area (Å²) in [5.41, 5.74) is 3.59. The Morgan fingerprint density at radius 2 is 2.03 bits per heavy atom. The van der Waals surface area contributed by atoms with Crippen molar-refractivity contribution >= 4 is 23.0 Å². The predicted molar refractivity (Wildman–Crippen MR) is 117 cm³/mol. The van der Waals surface area contributed by atoms with E-state index in [1.165, 1.54) is 18.2 Å². The van der Waals surface area contributed by atoms with Crippen LogP contribution in [-0.4, -0.2) is 32.7 Å². The van der Waals surface area contributed by atoms with Crippen molar-refractivity contribution in [3.63, 3.8) is 0 Å². The highest BCUT2D eigenvalue weighted by atomic mass is 32.1. The van der Waals surface area contributed by atoms with Crippen LogP contribution in [0.15, 0.2) is 48.7 Å². The van der Waals surface area contributed by atoms with Crippen LogP contribution < -0.4 is 4.74 Å². The summed E-state index contributed by atoms with van der Waals surface area (Å²) in [5, 5.41) is 20.9. The number of pyridine rings is 1. The van der Waals surface area contributed by atoms with E-state index in [0.717, 1.165) is 21.7 Å². The van der Waals surface area contributed by atoms with E-state index in [9.17, 15) is 15.0 Å². The number of methoxy groups -OCH3 is 1. The number of aryl methyl sites for hydroxylation is 2. The lowest BCUT2D eigenvalue weighted by Gasteiger charge is -2.15. The Morgan fingerprint density at radius 1 is 1.27 bits per heavy atom. The highest BCUT2D eigenvalue weighted by Crippen LogP contribution is 2.37. The van der Waals surface area contributed by atoms with Crippen LogP contribution in [0.25, 0.3) is 16.1 Å². The first-order valence-corrected chi connectivity index (χ1v) is 10.4. The number of aliphatic hydroxyl groups excluding tert-OH is 1. The molecule has 4 rings (SSSR count). The van der Waals surface area contributed by atoms with Crippen molar-refractivity contribution in [1.82, 2.24) is 9.38 Å². The first-order valence-electron chi connectivity index (χ1n) is 9.60. The van der Waals surface area contributed by atoms with Gasteiger partial charge in [0, 0.05) is 27.7 Å². The summed E-state index contributed by atoms with van der Waals surface area (Å²) < 4.78 is 6.95. The number of benzene rings is 1. The number of hydrogen-bond donors (Lipinski definition) is 2. The van der Waals surface area contributed by atoms with Gasteiger partial charge in [-0.25, -0.2) is 9.78 Å². The van der Waals surface area contributed by atoms with E-state index in [-0.39, 0.29) is 11.3 Å². The van der Waals surface area contributed by atoms with Gasteiger partial charge in [0.05, 0.1) is 12.8 Å². The normalized spacial score (nSPS) is 12.3. The molecule has 0 amide bonds. The summed E-state index contributed by atoms with van der Waals surface area (Å²) in [5.74, 6) is -0.844. The number of rotatable bonds is 6. The fraction of sp³-hybridized carbons (Fsp3) is 0.217. The average Bonchev–Trinajstić information content (AvgIpc) is 3.34. The topological polar surface area (TPSA) is 84.1 Å². The van der Waals surface area contributed by atoms with Crippen molar-refractivity contribution < 1.29 is 19.7 Å². The summed E-state index contributed by atoms with van der Waals surface area (Å²) in [6, 6.07) is 13.5. The van der Waals surface area contributed by atoms with Gasteiger partial charge in [0.2, 0.25) is 0 Å². The fourth-order valence-electron chi connectivity index (χ4n) is 3.72. The number of aromatic nitrogens is 2. The SMILES string of the molecule is CCc1c(C(O)c2ccccc2-c2ccc(C)s2)nc2cc(OC)c(C(=O)O)cn12. The number of carboxylic acids is 1. The number of imidazole rings is 1. The molecule has 2 N–H and O–H groups in total. The van der Waals surface area contributed by atoms with Crippen LogP contribution in [0, 0.1) is 6.92 Å². The highest BCUT2D eigenvalue weighted by Gasteiger charge is 2.24. The molecule has 3 aromatic heterocycles. The minimum Gasteiger partial charge on any atom is -0.496 e. The summed E-state index contributed by atoms with van der Waals surface area (Å²) in [6.45, 7) is 4.01. The Bertz CT molecular complexity index is 1240. The third kappa shape index (κ3) is 3.36. The number of aromatic carboxylic acids is 1. The van der Waals surface area contributed by atoms with Crippen molar-refractivity contribution in [2.75, 3.05) is 7.11 Å². The second-order valence-corrected chi connectivity index (χ2v) is 8.27. The second-order valence-electron chi connectivity index (χ2n) is 6.99. The van der Waals surface area contributed by atoms with E-state index < -0.39 is 12.1 Å². The number of ether oxygens (including phenoxy) is 1. The van der Waals surface area contributed by atoms with Gasteiger partial charge in [0.15, 0.2) is 0 Å². The second kappa shape index (κ2) is 7.93. The molecule has 0 aliphatic heterocycles. The molecule has 6 nitrogen and oxygen atoms in total.